The van der Waals surface area contributed by atoms with Crippen LogP contribution in [0, 0.1) is 0 Å². The van der Waals surface area contributed by atoms with E-state index in [4.69, 9.17) is 0 Å². The Morgan fingerprint density at radius 3 is 2.58 bits per heavy atom. The lowest BCUT2D eigenvalue weighted by atomic mass is 10.1. The summed E-state index contributed by atoms with van der Waals surface area (Å²) in [7, 11) is 0. The van der Waals surface area contributed by atoms with Crippen molar-refractivity contribution in [3.8, 4) is 0 Å². The summed E-state index contributed by atoms with van der Waals surface area (Å²) in [5.74, 6) is -0.858. The molecule has 19 heavy (non-hydrogen) atoms. The summed E-state index contributed by atoms with van der Waals surface area (Å²) < 4.78 is 0. The van der Waals surface area contributed by atoms with Gasteiger partial charge in [0.05, 0.1) is 10.7 Å². The lowest BCUT2D eigenvalue weighted by molar-refractivity contribution is 0.0700. The summed E-state index contributed by atoms with van der Waals surface area (Å²) in [5.41, 5.74) is 1.94. The van der Waals surface area contributed by atoms with Gasteiger partial charge in [-0.1, -0.05) is 37.3 Å². The average molecular weight is 275 g/mol. The van der Waals surface area contributed by atoms with E-state index in [0.29, 0.717) is 11.3 Å². The van der Waals surface area contributed by atoms with E-state index in [9.17, 15) is 9.90 Å². The van der Waals surface area contributed by atoms with E-state index >= 15 is 0 Å². The van der Waals surface area contributed by atoms with Gasteiger partial charge < -0.3 is 5.11 Å². The Hall–Kier alpha value is -1.68. The molecule has 0 atom stereocenters. The van der Waals surface area contributed by atoms with Crippen LogP contribution < -0.4 is 0 Å². The van der Waals surface area contributed by atoms with E-state index in [2.05, 4.69) is 24.0 Å². The Balaban J connectivity index is 2.12. The number of benzene rings is 1. The van der Waals surface area contributed by atoms with Crippen LogP contribution in [0.25, 0.3) is 0 Å². The van der Waals surface area contributed by atoms with E-state index in [1.54, 1.807) is 0 Å². The number of nitrogens with zero attached hydrogens (tertiary/aromatic N) is 1. The van der Waals surface area contributed by atoms with Gasteiger partial charge in [-0.3, -0.25) is 0 Å². The van der Waals surface area contributed by atoms with Gasteiger partial charge in [-0.25, -0.2) is 9.78 Å². The van der Waals surface area contributed by atoms with Crippen molar-refractivity contribution in [1.29, 1.82) is 0 Å². The predicted octanol–water partition coefficient (Wildman–Crippen LogP) is 3.58. The second kappa shape index (κ2) is 6.48. The molecule has 0 unspecified atom stereocenters. The van der Waals surface area contributed by atoms with Gasteiger partial charge in [0.2, 0.25) is 0 Å². The summed E-state index contributed by atoms with van der Waals surface area (Å²) >= 11 is 1.32. The van der Waals surface area contributed by atoms with Crippen molar-refractivity contribution in [3.63, 3.8) is 0 Å². The number of thiazole rings is 1. The van der Waals surface area contributed by atoms with E-state index in [0.717, 1.165) is 30.0 Å². The molecule has 0 radical (unpaired) electrons. The molecule has 2 aromatic rings. The van der Waals surface area contributed by atoms with Gasteiger partial charge in [0.1, 0.15) is 4.88 Å². The predicted molar refractivity (Wildman–Crippen MR) is 76.9 cm³/mol. The summed E-state index contributed by atoms with van der Waals surface area (Å²) in [5, 5.41) is 10.1. The average Bonchev–Trinajstić information content (AvgIpc) is 2.81. The van der Waals surface area contributed by atoms with Gasteiger partial charge in [-0.2, -0.15) is 0 Å². The first kappa shape index (κ1) is 13.7. The minimum atomic E-state index is -0.858. The zero-order valence-electron chi connectivity index (χ0n) is 10.9. The molecule has 1 N–H and O–H groups in total. The summed E-state index contributed by atoms with van der Waals surface area (Å²) in [6, 6.07) is 10.1. The van der Waals surface area contributed by atoms with Crippen LogP contribution >= 0.6 is 11.3 Å². The third kappa shape index (κ3) is 3.64. The summed E-state index contributed by atoms with van der Waals surface area (Å²) in [4.78, 5) is 16.1. The number of carboxylic acid groups (broad SMARTS) is 1. The summed E-state index contributed by atoms with van der Waals surface area (Å²) in [6.45, 7) is 2.07. The van der Waals surface area contributed by atoms with Gasteiger partial charge in [0.25, 0.3) is 0 Å². The highest BCUT2D eigenvalue weighted by molar-refractivity contribution is 7.13. The van der Waals surface area contributed by atoms with Crippen molar-refractivity contribution < 1.29 is 9.90 Å². The summed E-state index contributed by atoms with van der Waals surface area (Å²) in [6.07, 6.45) is 3.36. The van der Waals surface area contributed by atoms with E-state index < -0.39 is 5.97 Å². The molecule has 0 spiro atoms. The van der Waals surface area contributed by atoms with Crippen LogP contribution in [0.5, 0.6) is 0 Å². The fourth-order valence-electron chi connectivity index (χ4n) is 1.97. The lowest BCUT2D eigenvalue weighted by Gasteiger charge is -2.00. The topological polar surface area (TPSA) is 50.2 Å². The Labute approximate surface area is 116 Å². The molecule has 4 heteroatoms. The molecule has 2 rings (SSSR count). The van der Waals surface area contributed by atoms with Crippen LogP contribution in [0.4, 0.5) is 0 Å². The number of aromatic nitrogens is 1. The van der Waals surface area contributed by atoms with Crippen molar-refractivity contribution >= 4 is 17.3 Å². The number of hydrogen-bond donors (Lipinski definition) is 1. The third-order valence-electron chi connectivity index (χ3n) is 2.89. The van der Waals surface area contributed by atoms with E-state index in [-0.39, 0.29) is 0 Å². The number of rotatable bonds is 6. The maximum Gasteiger partial charge on any atom is 0.347 e. The Kier molecular flexibility index (Phi) is 4.68. The molecule has 0 saturated heterocycles. The monoisotopic (exact) mass is 275 g/mol. The first-order valence-corrected chi connectivity index (χ1v) is 7.28. The highest BCUT2D eigenvalue weighted by Gasteiger charge is 2.16. The van der Waals surface area contributed by atoms with Crippen molar-refractivity contribution in [2.75, 3.05) is 0 Å². The van der Waals surface area contributed by atoms with Crippen molar-refractivity contribution in [3.05, 3.63) is 51.5 Å². The minimum Gasteiger partial charge on any atom is -0.477 e. The first-order valence-electron chi connectivity index (χ1n) is 6.46. The molecule has 0 aliphatic heterocycles. The molecule has 1 aromatic carbocycles. The highest BCUT2D eigenvalue weighted by Crippen LogP contribution is 2.21. The van der Waals surface area contributed by atoms with Crippen molar-refractivity contribution in [2.24, 2.45) is 0 Å². The molecule has 0 bridgehead atoms. The van der Waals surface area contributed by atoms with Crippen LogP contribution in [-0.4, -0.2) is 16.1 Å². The Morgan fingerprint density at radius 1 is 1.21 bits per heavy atom. The molecule has 1 heterocycles. The van der Waals surface area contributed by atoms with Gasteiger partial charge in [-0.15, -0.1) is 11.3 Å². The highest BCUT2D eigenvalue weighted by atomic mass is 32.1. The number of carboxylic acids is 1. The van der Waals surface area contributed by atoms with Gasteiger partial charge in [0, 0.05) is 0 Å². The molecule has 3 nitrogen and oxygen atoms in total. The molecule has 1 aromatic heterocycles. The number of aryl methyl sites for hydroxylation is 3. The molecule has 100 valence electrons. The number of hydrogen-bond acceptors (Lipinski definition) is 3. The van der Waals surface area contributed by atoms with Crippen molar-refractivity contribution in [1.82, 2.24) is 4.98 Å². The lowest BCUT2D eigenvalue weighted by Crippen LogP contribution is -2.01. The second-order valence-electron chi connectivity index (χ2n) is 4.42. The van der Waals surface area contributed by atoms with E-state index in [1.165, 1.54) is 16.9 Å². The van der Waals surface area contributed by atoms with Gasteiger partial charge in [0.15, 0.2) is 0 Å². The maximum atomic E-state index is 11.2. The Bertz CT molecular complexity index is 549. The van der Waals surface area contributed by atoms with Crippen LogP contribution in [0.1, 0.15) is 39.3 Å². The molecule has 0 aliphatic rings. The second-order valence-corrected chi connectivity index (χ2v) is 5.51. The fraction of sp³-hybridized carbons (Fsp3) is 0.333. The van der Waals surface area contributed by atoms with Crippen LogP contribution in [-0.2, 0) is 19.3 Å². The van der Waals surface area contributed by atoms with Crippen LogP contribution in [0.15, 0.2) is 30.3 Å². The molecule has 0 aliphatic carbocycles. The maximum absolute atomic E-state index is 11.2. The quantitative estimate of drug-likeness (QED) is 0.876. The van der Waals surface area contributed by atoms with Crippen LogP contribution in [0.3, 0.4) is 0 Å². The molecule has 0 saturated carbocycles. The number of carbonyl (C=O) groups is 1. The van der Waals surface area contributed by atoms with E-state index in [1.807, 2.05) is 18.2 Å². The Morgan fingerprint density at radius 2 is 1.95 bits per heavy atom. The zero-order valence-corrected chi connectivity index (χ0v) is 11.7. The molecule has 0 amide bonds. The van der Waals surface area contributed by atoms with Gasteiger partial charge >= 0.3 is 5.97 Å². The zero-order chi connectivity index (χ0) is 13.7. The fourth-order valence-corrected chi connectivity index (χ4v) is 3.02. The largest absolute Gasteiger partial charge is 0.477 e. The SMILES string of the molecule is CCCc1nc(CCc2ccccc2)c(C(=O)O)s1. The van der Waals surface area contributed by atoms with Gasteiger partial charge in [-0.05, 0) is 31.2 Å². The molecular weight excluding hydrogens is 258 g/mol. The number of aromatic carboxylic acids is 1. The van der Waals surface area contributed by atoms with Crippen molar-refractivity contribution in [2.45, 2.75) is 32.6 Å². The first-order chi connectivity index (χ1) is 9.20. The normalized spacial score (nSPS) is 10.6. The minimum absolute atomic E-state index is 0.402. The smallest absolute Gasteiger partial charge is 0.347 e. The molecular formula is C15H17NO2S. The standard InChI is InChI=1S/C15H17NO2S/c1-2-6-13-16-12(14(19-13)15(17)18)10-9-11-7-4-3-5-8-11/h3-5,7-8H,2,6,9-10H2,1H3,(H,17,18). The third-order valence-corrected chi connectivity index (χ3v) is 4.04. The van der Waals surface area contributed by atoms with Crippen LogP contribution in [0.2, 0.25) is 0 Å². The molecule has 0 fully saturated rings.